The van der Waals surface area contributed by atoms with Gasteiger partial charge in [0.25, 0.3) is 5.91 Å². The lowest BCUT2D eigenvalue weighted by molar-refractivity contribution is -0.194. The lowest BCUT2D eigenvalue weighted by atomic mass is 9.97. The van der Waals surface area contributed by atoms with E-state index in [1.165, 1.54) is 13.2 Å². The van der Waals surface area contributed by atoms with Crippen LogP contribution in [0.2, 0.25) is 5.02 Å². The van der Waals surface area contributed by atoms with Crippen molar-refractivity contribution in [3.8, 4) is 5.75 Å². The third-order valence-corrected chi connectivity index (χ3v) is 8.97. The van der Waals surface area contributed by atoms with Gasteiger partial charge in [0.2, 0.25) is 0 Å². The molecule has 11 heteroatoms. The van der Waals surface area contributed by atoms with Gasteiger partial charge in [0.15, 0.2) is 5.72 Å². The number of likely N-dealkylation sites (tertiary alicyclic amines) is 1. The molecule has 3 saturated heterocycles. The molecule has 0 aromatic heterocycles. The van der Waals surface area contributed by atoms with E-state index in [2.05, 4.69) is 15.1 Å². The molecule has 218 valence electrons. The molecule has 0 saturated carbocycles. The fourth-order valence-electron chi connectivity index (χ4n) is 6.34. The van der Waals surface area contributed by atoms with Crippen LogP contribution in [0.25, 0.3) is 0 Å². The third-order valence-electron chi connectivity index (χ3n) is 8.64. The van der Waals surface area contributed by atoms with Gasteiger partial charge in [-0.2, -0.15) is 0 Å². The number of nitrogen functional groups attached to an aromatic ring is 1. The van der Waals surface area contributed by atoms with Crippen LogP contribution in [0.3, 0.4) is 0 Å². The average Bonchev–Trinajstić information content (AvgIpc) is 3.07. The van der Waals surface area contributed by atoms with Crippen molar-refractivity contribution >= 4 is 29.2 Å². The number of piperidine rings is 2. The lowest BCUT2D eigenvalue weighted by Gasteiger charge is -2.43. The number of benzene rings is 1. The Morgan fingerprint density at radius 2 is 2.03 bits per heavy atom. The Morgan fingerprint density at radius 3 is 2.77 bits per heavy atom. The van der Waals surface area contributed by atoms with E-state index < -0.39 is 11.8 Å². The summed E-state index contributed by atoms with van der Waals surface area (Å²) in [5, 5.41) is 13.6. The SMILES string of the molecule is COc1cc(N)c(Cl)cc1C(=O)N[C@@H]1CCN(CCCCCC(=O)OC23CCC(CC(O)C2)N3C)C[C@@H]1OC. The minimum absolute atomic E-state index is 0.138. The predicted molar refractivity (Wildman–Crippen MR) is 149 cm³/mol. The van der Waals surface area contributed by atoms with Crippen LogP contribution in [0.5, 0.6) is 5.75 Å². The first kappa shape index (κ1) is 29.9. The largest absolute Gasteiger partial charge is 0.496 e. The van der Waals surface area contributed by atoms with Gasteiger partial charge in [-0.1, -0.05) is 18.0 Å². The molecule has 39 heavy (non-hydrogen) atoms. The van der Waals surface area contributed by atoms with Crippen LogP contribution in [0.1, 0.15) is 68.1 Å². The fourth-order valence-corrected chi connectivity index (χ4v) is 6.50. The molecule has 3 aliphatic rings. The molecule has 1 aromatic carbocycles. The summed E-state index contributed by atoms with van der Waals surface area (Å²) in [6.07, 6.45) is 6.30. The molecule has 5 atom stereocenters. The number of carbonyl (C=O) groups is 2. The standard InChI is InChI=1S/C28H43ClN4O6/c1-32-18-8-10-28(32,16-19(34)13-18)39-26(35)7-5-4-6-11-33-12-9-23(25(17-33)38-3)31-27(36)20-14-21(29)22(30)15-24(20)37-2/h14-15,18-19,23,25,34H,4-13,16-17,30H2,1-3H3,(H,31,36)/t18?,19?,23-,25+,28?/m1/s1. The topological polar surface area (TPSA) is 127 Å². The van der Waals surface area contributed by atoms with Gasteiger partial charge in [-0.25, -0.2) is 0 Å². The Labute approximate surface area is 236 Å². The number of esters is 1. The van der Waals surface area contributed by atoms with Gasteiger partial charge in [0, 0.05) is 51.6 Å². The molecular formula is C28H43ClN4O6. The van der Waals surface area contributed by atoms with E-state index in [0.29, 0.717) is 47.5 Å². The van der Waals surface area contributed by atoms with Crippen molar-refractivity contribution < 1.29 is 28.9 Å². The summed E-state index contributed by atoms with van der Waals surface area (Å²) in [5.41, 5.74) is 5.91. The summed E-state index contributed by atoms with van der Waals surface area (Å²) >= 11 is 6.13. The fraction of sp³-hybridized carbons (Fsp3) is 0.714. The lowest BCUT2D eigenvalue weighted by Crippen LogP contribution is -2.54. The van der Waals surface area contributed by atoms with Crippen LogP contribution < -0.4 is 15.8 Å². The first-order valence-electron chi connectivity index (χ1n) is 14.0. The molecule has 3 aliphatic heterocycles. The minimum Gasteiger partial charge on any atom is -0.496 e. The molecular weight excluding hydrogens is 524 g/mol. The highest BCUT2D eigenvalue weighted by Gasteiger charge is 2.52. The van der Waals surface area contributed by atoms with Gasteiger partial charge in [-0.15, -0.1) is 0 Å². The molecule has 1 aromatic rings. The van der Waals surface area contributed by atoms with Crippen molar-refractivity contribution in [1.82, 2.24) is 15.1 Å². The maximum Gasteiger partial charge on any atom is 0.307 e. The highest BCUT2D eigenvalue weighted by Crippen LogP contribution is 2.44. The number of carbonyl (C=O) groups excluding carboxylic acids is 2. The number of anilines is 1. The third kappa shape index (κ3) is 6.97. The molecule has 0 aliphatic carbocycles. The minimum atomic E-state index is -0.625. The normalized spacial score (nSPS) is 29.3. The average molecular weight is 567 g/mol. The molecule has 3 fully saturated rings. The van der Waals surface area contributed by atoms with Gasteiger partial charge in [0.1, 0.15) is 5.75 Å². The number of ether oxygens (including phenoxy) is 3. The first-order valence-corrected chi connectivity index (χ1v) is 14.4. The molecule has 4 N–H and O–H groups in total. The second kappa shape index (κ2) is 13.0. The number of aliphatic hydroxyl groups excluding tert-OH is 1. The summed E-state index contributed by atoms with van der Waals surface area (Å²) < 4.78 is 17.0. The zero-order chi connectivity index (χ0) is 28.2. The number of aliphatic hydroxyl groups is 1. The molecule has 4 rings (SSSR count). The molecule has 0 spiro atoms. The van der Waals surface area contributed by atoms with Crippen molar-refractivity contribution in [2.24, 2.45) is 0 Å². The maximum absolute atomic E-state index is 13.0. The Hall–Kier alpha value is -2.11. The van der Waals surface area contributed by atoms with Gasteiger partial charge < -0.3 is 35.3 Å². The monoisotopic (exact) mass is 566 g/mol. The summed E-state index contributed by atoms with van der Waals surface area (Å²) in [7, 11) is 5.15. The van der Waals surface area contributed by atoms with E-state index in [1.807, 2.05) is 7.05 Å². The van der Waals surface area contributed by atoms with Crippen molar-refractivity contribution in [2.75, 3.05) is 46.6 Å². The molecule has 3 heterocycles. The quantitative estimate of drug-likeness (QED) is 0.210. The Kier molecular flexibility index (Phi) is 9.98. The zero-order valence-electron chi connectivity index (χ0n) is 23.3. The number of unbranched alkanes of at least 4 members (excludes halogenated alkanes) is 2. The Morgan fingerprint density at radius 1 is 1.23 bits per heavy atom. The number of hydrogen-bond donors (Lipinski definition) is 3. The van der Waals surface area contributed by atoms with Gasteiger partial charge in [0.05, 0.1) is 41.6 Å². The van der Waals surface area contributed by atoms with Crippen LogP contribution in [0.15, 0.2) is 12.1 Å². The van der Waals surface area contributed by atoms with Crippen LogP contribution in [0, 0.1) is 0 Å². The summed E-state index contributed by atoms with van der Waals surface area (Å²) in [4.78, 5) is 30.1. The number of nitrogens with two attached hydrogens (primary N) is 1. The molecule has 0 radical (unpaired) electrons. The van der Waals surface area contributed by atoms with E-state index in [0.717, 1.165) is 58.0 Å². The highest BCUT2D eigenvalue weighted by molar-refractivity contribution is 6.33. The smallest absolute Gasteiger partial charge is 0.307 e. The van der Waals surface area contributed by atoms with Crippen LogP contribution in [-0.2, 0) is 14.3 Å². The first-order chi connectivity index (χ1) is 18.7. The number of nitrogens with one attached hydrogen (secondary N) is 1. The molecule has 1 amide bonds. The van der Waals surface area contributed by atoms with Crippen LogP contribution in [-0.4, -0.2) is 97.7 Å². The maximum atomic E-state index is 13.0. The van der Waals surface area contributed by atoms with E-state index >= 15 is 0 Å². The number of amides is 1. The zero-order valence-corrected chi connectivity index (χ0v) is 24.0. The summed E-state index contributed by atoms with van der Waals surface area (Å²) in [6, 6.07) is 3.24. The van der Waals surface area contributed by atoms with E-state index in [-0.39, 0.29) is 24.0 Å². The number of hydrogen-bond acceptors (Lipinski definition) is 9. The number of methoxy groups -OCH3 is 2. The highest BCUT2D eigenvalue weighted by atomic mass is 35.5. The van der Waals surface area contributed by atoms with Crippen molar-refractivity contribution in [3.05, 3.63) is 22.7 Å². The van der Waals surface area contributed by atoms with Crippen LogP contribution in [0.4, 0.5) is 5.69 Å². The van der Waals surface area contributed by atoms with Gasteiger partial charge in [-0.05, 0) is 51.8 Å². The van der Waals surface area contributed by atoms with Crippen molar-refractivity contribution in [3.63, 3.8) is 0 Å². The van der Waals surface area contributed by atoms with Gasteiger partial charge >= 0.3 is 5.97 Å². The second-order valence-corrected chi connectivity index (χ2v) is 11.6. The molecule has 3 unspecified atom stereocenters. The molecule has 2 bridgehead atoms. The van der Waals surface area contributed by atoms with E-state index in [9.17, 15) is 14.7 Å². The summed E-state index contributed by atoms with van der Waals surface area (Å²) in [5.74, 6) is -0.0746. The Balaban J connectivity index is 1.17. The predicted octanol–water partition coefficient (Wildman–Crippen LogP) is 2.80. The molecule has 10 nitrogen and oxygen atoms in total. The number of nitrogens with zero attached hydrogens (tertiary/aromatic N) is 2. The Bertz CT molecular complexity index is 1030. The van der Waals surface area contributed by atoms with E-state index in [4.69, 9.17) is 31.5 Å². The van der Waals surface area contributed by atoms with Gasteiger partial charge in [-0.3, -0.25) is 14.5 Å². The number of fused-ring (bicyclic) bond motifs is 2. The second-order valence-electron chi connectivity index (χ2n) is 11.1. The van der Waals surface area contributed by atoms with Crippen LogP contribution >= 0.6 is 11.6 Å². The van der Waals surface area contributed by atoms with Crippen molar-refractivity contribution in [2.45, 2.75) is 87.8 Å². The number of halogens is 1. The van der Waals surface area contributed by atoms with Crippen molar-refractivity contribution in [1.29, 1.82) is 0 Å². The summed E-state index contributed by atoms with van der Waals surface area (Å²) in [6.45, 7) is 2.45. The number of rotatable bonds is 11. The van der Waals surface area contributed by atoms with E-state index in [1.54, 1.807) is 13.2 Å².